The molecule has 0 aromatic heterocycles. The number of carbonyl (C=O) groups excluding carboxylic acids is 1. The van der Waals surface area contributed by atoms with Gasteiger partial charge in [0.15, 0.2) is 0 Å². The monoisotopic (exact) mass is 242 g/mol. The lowest BCUT2D eigenvalue weighted by molar-refractivity contribution is -0.132. The number of rotatable bonds is 6. The second kappa shape index (κ2) is 6.97. The predicted octanol–water partition coefficient (Wildman–Crippen LogP) is 1.24. The lowest BCUT2D eigenvalue weighted by atomic mass is 10.0. The number of amides is 1. The Balaban J connectivity index is 2.40. The van der Waals surface area contributed by atoms with Gasteiger partial charge < -0.3 is 15.4 Å². The first-order valence-electron chi connectivity index (χ1n) is 6.65. The zero-order valence-electron chi connectivity index (χ0n) is 11.3. The highest BCUT2D eigenvalue weighted by Gasteiger charge is 2.23. The lowest BCUT2D eigenvalue weighted by Gasteiger charge is -2.26. The maximum Gasteiger partial charge on any atom is 0.224 e. The van der Waals surface area contributed by atoms with E-state index in [1.165, 1.54) is 0 Å². The SMILES string of the molecule is CCN(CC1CCOC1)C(=O)CC(N)C(C)C. The summed E-state index contributed by atoms with van der Waals surface area (Å²) in [5.41, 5.74) is 5.95. The van der Waals surface area contributed by atoms with Crippen molar-refractivity contribution in [3.63, 3.8) is 0 Å². The van der Waals surface area contributed by atoms with Crippen LogP contribution in [0.2, 0.25) is 0 Å². The van der Waals surface area contributed by atoms with Crippen LogP contribution in [0.15, 0.2) is 0 Å². The van der Waals surface area contributed by atoms with Crippen LogP contribution in [0.1, 0.15) is 33.6 Å². The van der Waals surface area contributed by atoms with Gasteiger partial charge >= 0.3 is 0 Å². The molecule has 1 rings (SSSR count). The number of nitrogens with zero attached hydrogens (tertiary/aromatic N) is 1. The first-order chi connectivity index (χ1) is 8.04. The van der Waals surface area contributed by atoms with Crippen molar-refractivity contribution in [2.24, 2.45) is 17.6 Å². The Labute approximate surface area is 104 Å². The van der Waals surface area contributed by atoms with Gasteiger partial charge in [0.25, 0.3) is 0 Å². The third kappa shape index (κ3) is 4.64. The van der Waals surface area contributed by atoms with E-state index in [0.29, 0.717) is 18.3 Å². The van der Waals surface area contributed by atoms with Gasteiger partial charge in [0, 0.05) is 38.1 Å². The van der Waals surface area contributed by atoms with E-state index < -0.39 is 0 Å². The van der Waals surface area contributed by atoms with Crippen molar-refractivity contribution in [2.75, 3.05) is 26.3 Å². The van der Waals surface area contributed by atoms with Crippen molar-refractivity contribution in [3.05, 3.63) is 0 Å². The summed E-state index contributed by atoms with van der Waals surface area (Å²) in [5, 5.41) is 0. The van der Waals surface area contributed by atoms with Crippen LogP contribution in [-0.2, 0) is 9.53 Å². The van der Waals surface area contributed by atoms with Crippen LogP contribution in [-0.4, -0.2) is 43.2 Å². The Bertz CT molecular complexity index is 238. The molecule has 1 amide bonds. The van der Waals surface area contributed by atoms with E-state index >= 15 is 0 Å². The van der Waals surface area contributed by atoms with Gasteiger partial charge in [-0.1, -0.05) is 13.8 Å². The van der Waals surface area contributed by atoms with Crippen molar-refractivity contribution < 1.29 is 9.53 Å². The number of nitrogens with two attached hydrogens (primary N) is 1. The van der Waals surface area contributed by atoms with Crippen molar-refractivity contribution in [3.8, 4) is 0 Å². The smallest absolute Gasteiger partial charge is 0.224 e. The molecule has 4 nitrogen and oxygen atoms in total. The van der Waals surface area contributed by atoms with E-state index in [2.05, 4.69) is 13.8 Å². The molecule has 2 atom stereocenters. The molecule has 0 spiro atoms. The van der Waals surface area contributed by atoms with Crippen molar-refractivity contribution in [1.29, 1.82) is 0 Å². The summed E-state index contributed by atoms with van der Waals surface area (Å²) in [6, 6.07) is -0.0311. The Morgan fingerprint density at radius 2 is 2.24 bits per heavy atom. The minimum Gasteiger partial charge on any atom is -0.381 e. The molecule has 4 heteroatoms. The summed E-state index contributed by atoms with van der Waals surface area (Å²) < 4.78 is 5.34. The van der Waals surface area contributed by atoms with Gasteiger partial charge in [-0.15, -0.1) is 0 Å². The molecule has 0 saturated carbocycles. The topological polar surface area (TPSA) is 55.6 Å². The van der Waals surface area contributed by atoms with Crippen LogP contribution >= 0.6 is 0 Å². The molecule has 0 aromatic rings. The first-order valence-corrected chi connectivity index (χ1v) is 6.65. The van der Waals surface area contributed by atoms with Gasteiger partial charge in [0.1, 0.15) is 0 Å². The molecule has 1 aliphatic heterocycles. The Morgan fingerprint density at radius 1 is 1.53 bits per heavy atom. The Hall–Kier alpha value is -0.610. The molecule has 0 aromatic carbocycles. The van der Waals surface area contributed by atoms with E-state index in [4.69, 9.17) is 10.5 Å². The van der Waals surface area contributed by atoms with Crippen molar-refractivity contribution in [2.45, 2.75) is 39.7 Å². The van der Waals surface area contributed by atoms with E-state index in [1.54, 1.807) is 0 Å². The Morgan fingerprint density at radius 3 is 2.71 bits per heavy atom. The second-order valence-corrected chi connectivity index (χ2v) is 5.27. The van der Waals surface area contributed by atoms with E-state index in [0.717, 1.165) is 32.7 Å². The average molecular weight is 242 g/mol. The summed E-state index contributed by atoms with van der Waals surface area (Å²) in [6.45, 7) is 9.34. The number of ether oxygens (including phenoxy) is 1. The van der Waals surface area contributed by atoms with Crippen LogP contribution in [0.25, 0.3) is 0 Å². The summed E-state index contributed by atoms with van der Waals surface area (Å²) >= 11 is 0. The minimum atomic E-state index is -0.0311. The summed E-state index contributed by atoms with van der Waals surface area (Å²) in [4.78, 5) is 14.0. The Kier molecular flexibility index (Phi) is 5.92. The van der Waals surface area contributed by atoms with E-state index in [9.17, 15) is 4.79 Å². The van der Waals surface area contributed by atoms with Gasteiger partial charge in [0.05, 0.1) is 6.61 Å². The standard InChI is InChI=1S/C13H26N2O2/c1-4-15(8-11-5-6-17-9-11)13(16)7-12(14)10(2)3/h10-12H,4-9,14H2,1-3H3. The number of carbonyl (C=O) groups is 1. The van der Waals surface area contributed by atoms with Gasteiger partial charge in [-0.3, -0.25) is 4.79 Å². The third-order valence-electron chi connectivity index (χ3n) is 3.50. The van der Waals surface area contributed by atoms with Crippen LogP contribution in [0.5, 0.6) is 0 Å². The fourth-order valence-electron chi connectivity index (χ4n) is 2.01. The largest absolute Gasteiger partial charge is 0.381 e. The summed E-state index contributed by atoms with van der Waals surface area (Å²) in [6.07, 6.45) is 1.53. The van der Waals surface area contributed by atoms with Gasteiger partial charge in [0.2, 0.25) is 5.91 Å². The molecule has 1 saturated heterocycles. The van der Waals surface area contributed by atoms with Crippen molar-refractivity contribution >= 4 is 5.91 Å². The van der Waals surface area contributed by atoms with Gasteiger partial charge in [-0.25, -0.2) is 0 Å². The normalized spacial score (nSPS) is 21.8. The maximum absolute atomic E-state index is 12.1. The van der Waals surface area contributed by atoms with Crippen LogP contribution in [0.3, 0.4) is 0 Å². The van der Waals surface area contributed by atoms with Crippen molar-refractivity contribution in [1.82, 2.24) is 4.90 Å². The zero-order valence-corrected chi connectivity index (χ0v) is 11.3. The van der Waals surface area contributed by atoms with Crippen LogP contribution < -0.4 is 5.73 Å². The molecule has 1 heterocycles. The maximum atomic E-state index is 12.1. The molecule has 1 fully saturated rings. The molecular formula is C13H26N2O2. The van der Waals surface area contributed by atoms with E-state index in [1.807, 2.05) is 11.8 Å². The highest BCUT2D eigenvalue weighted by Crippen LogP contribution is 2.15. The molecule has 0 bridgehead atoms. The molecule has 2 unspecified atom stereocenters. The molecule has 17 heavy (non-hydrogen) atoms. The van der Waals surface area contributed by atoms with Crippen LogP contribution in [0, 0.1) is 11.8 Å². The van der Waals surface area contributed by atoms with Gasteiger partial charge in [-0.05, 0) is 19.3 Å². The highest BCUT2D eigenvalue weighted by atomic mass is 16.5. The molecule has 100 valence electrons. The van der Waals surface area contributed by atoms with E-state index in [-0.39, 0.29) is 11.9 Å². The number of hydrogen-bond donors (Lipinski definition) is 1. The predicted molar refractivity (Wildman–Crippen MR) is 68.6 cm³/mol. The molecular weight excluding hydrogens is 216 g/mol. The summed E-state index contributed by atoms with van der Waals surface area (Å²) in [5.74, 6) is 1.04. The lowest BCUT2D eigenvalue weighted by Crippen LogP contribution is -2.40. The highest BCUT2D eigenvalue weighted by molar-refractivity contribution is 5.76. The molecule has 2 N–H and O–H groups in total. The molecule has 0 aliphatic carbocycles. The summed E-state index contributed by atoms with van der Waals surface area (Å²) in [7, 11) is 0. The second-order valence-electron chi connectivity index (χ2n) is 5.27. The first kappa shape index (κ1) is 14.5. The fraction of sp³-hybridized carbons (Fsp3) is 0.923. The minimum absolute atomic E-state index is 0.0311. The third-order valence-corrected chi connectivity index (χ3v) is 3.50. The fourth-order valence-corrected chi connectivity index (χ4v) is 2.01. The zero-order chi connectivity index (χ0) is 12.8. The quantitative estimate of drug-likeness (QED) is 0.762. The number of hydrogen-bond acceptors (Lipinski definition) is 3. The molecule has 0 radical (unpaired) electrons. The van der Waals surface area contributed by atoms with Crippen LogP contribution in [0.4, 0.5) is 0 Å². The molecule has 1 aliphatic rings. The van der Waals surface area contributed by atoms with Gasteiger partial charge in [-0.2, -0.15) is 0 Å². The average Bonchev–Trinajstić information content (AvgIpc) is 2.78.